The van der Waals surface area contributed by atoms with Crippen molar-refractivity contribution in [2.75, 3.05) is 5.32 Å². The normalized spacial score (nSPS) is 19.9. The number of hydrogen-bond donors (Lipinski definition) is 1. The molecular weight excluding hydrogens is 347 g/mol. The second-order valence-electron chi connectivity index (χ2n) is 5.39. The average molecular weight is 358 g/mol. The number of anilines is 1. The Kier molecular flexibility index (Phi) is 4.12. The SMILES string of the molecule is Cc1ccnc([C@H]2C[C@@H]2C(=O)Nc2cc(Cl)nc(C(F)(F)F)n2)n1. The number of amides is 1. The highest BCUT2D eigenvalue weighted by atomic mass is 35.5. The highest BCUT2D eigenvalue weighted by Crippen LogP contribution is 2.46. The minimum Gasteiger partial charge on any atom is -0.310 e. The topological polar surface area (TPSA) is 80.7 Å². The standard InChI is InChI=1S/C14H11ClF3N5O/c1-6-2-3-19-11(20-6)7-4-8(7)12(24)22-10-5-9(15)21-13(23-10)14(16,17)18/h2-3,5,7-8H,4H2,1H3,(H,21,22,23,24)/t7-,8-/m0/s1. The van der Waals surface area contributed by atoms with Crippen LogP contribution in [0.15, 0.2) is 18.3 Å². The molecule has 0 saturated heterocycles. The maximum atomic E-state index is 12.7. The third-order valence-corrected chi connectivity index (χ3v) is 3.67. The molecule has 3 rings (SSSR count). The first-order valence-corrected chi connectivity index (χ1v) is 7.34. The third-order valence-electron chi connectivity index (χ3n) is 3.47. The van der Waals surface area contributed by atoms with Crippen LogP contribution in [0.5, 0.6) is 0 Å². The van der Waals surface area contributed by atoms with Gasteiger partial charge in [-0.2, -0.15) is 13.2 Å². The largest absolute Gasteiger partial charge is 0.451 e. The third kappa shape index (κ3) is 3.61. The molecule has 6 nitrogen and oxygen atoms in total. The van der Waals surface area contributed by atoms with Gasteiger partial charge in [0.15, 0.2) is 0 Å². The molecule has 1 N–H and O–H groups in total. The van der Waals surface area contributed by atoms with Crippen molar-refractivity contribution in [1.82, 2.24) is 19.9 Å². The van der Waals surface area contributed by atoms with Crippen molar-refractivity contribution in [3.63, 3.8) is 0 Å². The van der Waals surface area contributed by atoms with Gasteiger partial charge in [0.1, 0.15) is 16.8 Å². The zero-order valence-electron chi connectivity index (χ0n) is 12.3. The summed E-state index contributed by atoms with van der Waals surface area (Å²) in [7, 11) is 0. The van der Waals surface area contributed by atoms with E-state index in [1.807, 2.05) is 6.92 Å². The van der Waals surface area contributed by atoms with Crippen molar-refractivity contribution < 1.29 is 18.0 Å². The number of halogens is 4. The maximum absolute atomic E-state index is 12.7. The van der Waals surface area contributed by atoms with Crippen LogP contribution in [0.4, 0.5) is 19.0 Å². The molecule has 0 spiro atoms. The molecule has 2 heterocycles. The predicted octanol–water partition coefficient (Wildman–Crippen LogP) is 2.99. The number of nitrogens with one attached hydrogen (secondary N) is 1. The van der Waals surface area contributed by atoms with E-state index < -0.39 is 29.0 Å². The first-order valence-electron chi connectivity index (χ1n) is 6.96. The summed E-state index contributed by atoms with van der Waals surface area (Å²) in [5.74, 6) is -2.15. The monoisotopic (exact) mass is 357 g/mol. The van der Waals surface area contributed by atoms with E-state index in [9.17, 15) is 18.0 Å². The zero-order valence-corrected chi connectivity index (χ0v) is 13.1. The summed E-state index contributed by atoms with van der Waals surface area (Å²) in [5.41, 5.74) is 0.781. The highest BCUT2D eigenvalue weighted by molar-refractivity contribution is 6.29. The minimum atomic E-state index is -4.75. The van der Waals surface area contributed by atoms with Gasteiger partial charge in [0.2, 0.25) is 11.7 Å². The molecule has 0 bridgehead atoms. The van der Waals surface area contributed by atoms with Crippen LogP contribution in [0, 0.1) is 12.8 Å². The molecule has 1 aliphatic rings. The number of nitrogens with zero attached hydrogens (tertiary/aromatic N) is 4. The van der Waals surface area contributed by atoms with Crippen LogP contribution < -0.4 is 5.32 Å². The van der Waals surface area contributed by atoms with Crippen LogP contribution in [0.25, 0.3) is 0 Å². The van der Waals surface area contributed by atoms with Crippen LogP contribution in [-0.2, 0) is 11.0 Å². The van der Waals surface area contributed by atoms with Gasteiger partial charge in [-0.05, 0) is 19.4 Å². The molecule has 126 valence electrons. The summed E-state index contributed by atoms with van der Waals surface area (Å²) in [5, 5.41) is 1.94. The van der Waals surface area contributed by atoms with E-state index in [1.54, 1.807) is 12.3 Å². The van der Waals surface area contributed by atoms with Crippen LogP contribution in [0.2, 0.25) is 5.15 Å². The van der Waals surface area contributed by atoms with Gasteiger partial charge in [0.25, 0.3) is 0 Å². The van der Waals surface area contributed by atoms with Crippen molar-refractivity contribution in [1.29, 1.82) is 0 Å². The second kappa shape index (κ2) is 5.97. The molecule has 0 aliphatic heterocycles. The van der Waals surface area contributed by atoms with Gasteiger partial charge >= 0.3 is 6.18 Å². The molecular formula is C14H11ClF3N5O. The molecule has 2 aromatic heterocycles. The van der Waals surface area contributed by atoms with Crippen LogP contribution in [-0.4, -0.2) is 25.8 Å². The van der Waals surface area contributed by atoms with E-state index in [0.29, 0.717) is 12.2 Å². The molecule has 24 heavy (non-hydrogen) atoms. The maximum Gasteiger partial charge on any atom is 0.451 e. The fourth-order valence-electron chi connectivity index (χ4n) is 2.24. The predicted molar refractivity (Wildman–Crippen MR) is 78.3 cm³/mol. The van der Waals surface area contributed by atoms with Crippen molar-refractivity contribution in [2.45, 2.75) is 25.4 Å². The fourth-order valence-corrected chi connectivity index (χ4v) is 2.43. The van der Waals surface area contributed by atoms with Crippen LogP contribution in [0.1, 0.15) is 29.7 Å². The Hall–Kier alpha value is -2.29. The fraction of sp³-hybridized carbons (Fsp3) is 0.357. The first kappa shape index (κ1) is 16.6. The summed E-state index contributed by atoms with van der Waals surface area (Å²) in [4.78, 5) is 26.9. The molecule has 1 saturated carbocycles. The van der Waals surface area contributed by atoms with E-state index in [0.717, 1.165) is 11.8 Å². The molecule has 1 amide bonds. The number of alkyl halides is 3. The number of hydrogen-bond acceptors (Lipinski definition) is 5. The van der Waals surface area contributed by atoms with Gasteiger partial charge < -0.3 is 5.32 Å². The lowest BCUT2D eigenvalue weighted by atomic mass is 10.2. The summed E-state index contributed by atoms with van der Waals surface area (Å²) in [6.45, 7) is 1.81. The van der Waals surface area contributed by atoms with Crippen molar-refractivity contribution in [3.05, 3.63) is 40.8 Å². The Balaban J connectivity index is 1.71. The molecule has 0 radical (unpaired) electrons. The Morgan fingerprint density at radius 1 is 1.33 bits per heavy atom. The van der Waals surface area contributed by atoms with E-state index in [-0.39, 0.29) is 11.7 Å². The summed E-state index contributed by atoms with van der Waals surface area (Å²) in [6, 6.07) is 2.80. The average Bonchev–Trinajstić information content (AvgIpc) is 3.26. The molecule has 0 unspecified atom stereocenters. The molecule has 1 aliphatic carbocycles. The Labute approximate surface area is 139 Å². The Morgan fingerprint density at radius 3 is 2.75 bits per heavy atom. The van der Waals surface area contributed by atoms with Crippen LogP contribution in [0.3, 0.4) is 0 Å². The number of rotatable bonds is 3. The second-order valence-corrected chi connectivity index (χ2v) is 5.78. The Morgan fingerprint density at radius 2 is 2.08 bits per heavy atom. The lowest BCUT2D eigenvalue weighted by Crippen LogP contribution is -2.18. The van der Waals surface area contributed by atoms with E-state index in [1.165, 1.54) is 0 Å². The number of aryl methyl sites for hydroxylation is 1. The number of aromatic nitrogens is 4. The van der Waals surface area contributed by atoms with Gasteiger partial charge in [-0.1, -0.05) is 11.6 Å². The van der Waals surface area contributed by atoms with E-state index in [2.05, 4.69) is 25.3 Å². The smallest absolute Gasteiger partial charge is 0.310 e. The van der Waals surface area contributed by atoms with Gasteiger partial charge in [0.05, 0.1) is 0 Å². The molecule has 0 aromatic carbocycles. The zero-order chi connectivity index (χ0) is 17.5. The lowest BCUT2D eigenvalue weighted by molar-refractivity contribution is -0.144. The van der Waals surface area contributed by atoms with Crippen molar-refractivity contribution in [2.24, 2.45) is 5.92 Å². The van der Waals surface area contributed by atoms with Gasteiger partial charge in [-0.25, -0.2) is 19.9 Å². The lowest BCUT2D eigenvalue weighted by Gasteiger charge is -2.09. The molecule has 2 atom stereocenters. The van der Waals surface area contributed by atoms with E-state index in [4.69, 9.17) is 11.6 Å². The molecule has 1 fully saturated rings. The first-order chi connectivity index (χ1) is 11.2. The Bertz CT molecular complexity index is 798. The summed E-state index contributed by atoms with van der Waals surface area (Å²) >= 11 is 5.55. The molecule has 2 aromatic rings. The van der Waals surface area contributed by atoms with Gasteiger partial charge in [-0.3, -0.25) is 4.79 Å². The van der Waals surface area contributed by atoms with Gasteiger partial charge in [0, 0.05) is 29.8 Å². The summed E-state index contributed by atoms with van der Waals surface area (Å²) in [6.07, 6.45) is -2.62. The number of carbonyl (C=O) groups excluding carboxylic acids is 1. The summed E-state index contributed by atoms with van der Waals surface area (Å²) < 4.78 is 38.0. The minimum absolute atomic E-state index is 0.149. The highest BCUT2D eigenvalue weighted by Gasteiger charge is 2.46. The van der Waals surface area contributed by atoms with Crippen molar-refractivity contribution >= 4 is 23.3 Å². The number of carbonyl (C=O) groups is 1. The van der Waals surface area contributed by atoms with Crippen LogP contribution >= 0.6 is 11.6 Å². The van der Waals surface area contributed by atoms with E-state index >= 15 is 0 Å². The quantitative estimate of drug-likeness (QED) is 0.854. The van der Waals surface area contributed by atoms with Gasteiger partial charge in [-0.15, -0.1) is 0 Å². The molecule has 10 heteroatoms. The van der Waals surface area contributed by atoms with Crippen molar-refractivity contribution in [3.8, 4) is 0 Å².